The molecule has 0 amide bonds. The van der Waals surface area contributed by atoms with Crippen LogP contribution in [-0.4, -0.2) is 50.2 Å². The van der Waals surface area contributed by atoms with Gasteiger partial charge in [-0.3, -0.25) is 0 Å². The number of hydrogen-bond acceptors (Lipinski definition) is 4. The zero-order valence-electron chi connectivity index (χ0n) is 14.0. The van der Waals surface area contributed by atoms with E-state index in [0.717, 1.165) is 32.5 Å². The Morgan fingerprint density at radius 1 is 1.25 bits per heavy atom. The lowest BCUT2D eigenvalue weighted by Crippen LogP contribution is -2.60. The number of rotatable bonds is 9. The molecule has 1 unspecified atom stereocenters. The van der Waals surface area contributed by atoms with Crippen LogP contribution in [-0.2, 0) is 9.53 Å². The number of methoxy groups -OCH3 is 1. The van der Waals surface area contributed by atoms with Crippen molar-refractivity contribution in [2.75, 3.05) is 33.8 Å². The van der Waals surface area contributed by atoms with Gasteiger partial charge >= 0.3 is 5.97 Å². The van der Waals surface area contributed by atoms with E-state index in [9.17, 15) is 4.79 Å². The molecule has 118 valence electrons. The maximum atomic E-state index is 12.3. The number of carbonyl (C=O) groups is 1. The maximum Gasteiger partial charge on any atom is 0.327 e. The molecule has 0 heterocycles. The molecule has 1 rings (SSSR count). The molecule has 1 fully saturated rings. The van der Waals surface area contributed by atoms with Gasteiger partial charge in [-0.25, -0.2) is 4.79 Å². The van der Waals surface area contributed by atoms with E-state index in [1.807, 2.05) is 7.05 Å². The molecular formula is C16H32N2O2. The fourth-order valence-corrected chi connectivity index (χ4v) is 3.09. The van der Waals surface area contributed by atoms with Gasteiger partial charge in [0.2, 0.25) is 0 Å². The summed E-state index contributed by atoms with van der Waals surface area (Å²) in [7, 11) is 3.38. The first kappa shape index (κ1) is 17.4. The van der Waals surface area contributed by atoms with Crippen molar-refractivity contribution >= 4 is 5.97 Å². The van der Waals surface area contributed by atoms with E-state index in [-0.39, 0.29) is 5.97 Å². The minimum absolute atomic E-state index is 0.111. The Hall–Kier alpha value is -0.610. The van der Waals surface area contributed by atoms with Crippen LogP contribution in [0.5, 0.6) is 0 Å². The number of esters is 1. The van der Waals surface area contributed by atoms with Gasteiger partial charge < -0.3 is 15.0 Å². The van der Waals surface area contributed by atoms with E-state index in [2.05, 4.69) is 37.9 Å². The highest BCUT2D eigenvalue weighted by Gasteiger charge is 2.51. The fraction of sp³-hybridized carbons (Fsp3) is 0.938. The third-order valence-electron chi connectivity index (χ3n) is 3.99. The topological polar surface area (TPSA) is 41.6 Å². The molecule has 0 radical (unpaired) electrons. The summed E-state index contributed by atoms with van der Waals surface area (Å²) < 4.78 is 5.09. The SMILES string of the molecule is CNC(CN(CC(C)C)CC(C)C)(C(=O)OC)C1CC1. The molecule has 4 heteroatoms. The predicted molar refractivity (Wildman–Crippen MR) is 82.6 cm³/mol. The lowest BCUT2D eigenvalue weighted by atomic mass is 9.91. The number of hydrogen-bond donors (Lipinski definition) is 1. The van der Waals surface area contributed by atoms with E-state index >= 15 is 0 Å². The van der Waals surface area contributed by atoms with E-state index in [1.54, 1.807) is 0 Å². The maximum absolute atomic E-state index is 12.3. The summed E-state index contributed by atoms with van der Waals surface area (Å²) in [6.45, 7) is 11.7. The molecule has 1 aliphatic carbocycles. The highest BCUT2D eigenvalue weighted by molar-refractivity contribution is 5.82. The van der Waals surface area contributed by atoms with Crippen LogP contribution in [0.25, 0.3) is 0 Å². The van der Waals surface area contributed by atoms with Gasteiger partial charge in [0.05, 0.1) is 7.11 Å². The summed E-state index contributed by atoms with van der Waals surface area (Å²) in [6, 6.07) is 0. The summed E-state index contributed by atoms with van der Waals surface area (Å²) in [6.07, 6.45) is 2.24. The average molecular weight is 284 g/mol. The van der Waals surface area contributed by atoms with E-state index in [0.29, 0.717) is 17.8 Å². The van der Waals surface area contributed by atoms with Crippen LogP contribution < -0.4 is 5.32 Å². The van der Waals surface area contributed by atoms with Crippen molar-refractivity contribution in [3.63, 3.8) is 0 Å². The van der Waals surface area contributed by atoms with Gasteiger partial charge in [-0.15, -0.1) is 0 Å². The second kappa shape index (κ2) is 7.41. The Labute approximate surface area is 124 Å². The van der Waals surface area contributed by atoms with E-state index in [4.69, 9.17) is 4.74 Å². The summed E-state index contributed by atoms with van der Waals surface area (Å²) in [5, 5.41) is 3.29. The first-order valence-corrected chi connectivity index (χ1v) is 7.85. The van der Waals surface area contributed by atoms with Crippen LogP contribution >= 0.6 is 0 Å². The number of nitrogens with zero attached hydrogens (tertiary/aromatic N) is 1. The molecule has 0 aromatic rings. The minimum atomic E-state index is -0.529. The van der Waals surface area contributed by atoms with Gasteiger partial charge in [0.15, 0.2) is 0 Å². The molecule has 0 aromatic carbocycles. The minimum Gasteiger partial charge on any atom is -0.468 e. The van der Waals surface area contributed by atoms with Crippen molar-refractivity contribution in [1.29, 1.82) is 0 Å². The molecule has 1 saturated carbocycles. The fourth-order valence-electron chi connectivity index (χ4n) is 3.09. The molecule has 1 atom stereocenters. The van der Waals surface area contributed by atoms with Gasteiger partial charge in [-0.2, -0.15) is 0 Å². The Bertz CT molecular complexity index is 304. The highest BCUT2D eigenvalue weighted by Crippen LogP contribution is 2.41. The Morgan fingerprint density at radius 3 is 2.05 bits per heavy atom. The van der Waals surface area contributed by atoms with Crippen molar-refractivity contribution < 1.29 is 9.53 Å². The normalized spacial score (nSPS) is 18.6. The summed E-state index contributed by atoms with van der Waals surface area (Å²) in [5.41, 5.74) is -0.529. The van der Waals surface area contributed by atoms with Crippen LogP contribution in [0.15, 0.2) is 0 Å². The Balaban J connectivity index is 2.85. The van der Waals surface area contributed by atoms with Crippen molar-refractivity contribution in [3.8, 4) is 0 Å². The first-order valence-electron chi connectivity index (χ1n) is 7.85. The monoisotopic (exact) mass is 284 g/mol. The van der Waals surface area contributed by atoms with Crippen molar-refractivity contribution in [2.45, 2.75) is 46.1 Å². The molecule has 0 aromatic heterocycles. The molecular weight excluding hydrogens is 252 g/mol. The van der Waals surface area contributed by atoms with Crippen molar-refractivity contribution in [3.05, 3.63) is 0 Å². The molecule has 0 saturated heterocycles. The van der Waals surface area contributed by atoms with Gasteiger partial charge in [0, 0.05) is 19.6 Å². The summed E-state index contributed by atoms with van der Waals surface area (Å²) >= 11 is 0. The van der Waals surface area contributed by atoms with E-state index in [1.165, 1.54) is 7.11 Å². The number of nitrogens with one attached hydrogen (secondary N) is 1. The molecule has 4 nitrogen and oxygen atoms in total. The second-order valence-electron chi connectivity index (χ2n) is 6.97. The van der Waals surface area contributed by atoms with Crippen LogP contribution in [0.1, 0.15) is 40.5 Å². The Kier molecular flexibility index (Phi) is 6.46. The van der Waals surface area contributed by atoms with Gasteiger partial charge in [-0.1, -0.05) is 27.7 Å². The molecule has 20 heavy (non-hydrogen) atoms. The Morgan fingerprint density at radius 2 is 1.75 bits per heavy atom. The number of ether oxygens (including phenoxy) is 1. The lowest BCUT2D eigenvalue weighted by molar-refractivity contribution is -0.150. The third kappa shape index (κ3) is 4.45. The molecule has 0 spiro atoms. The first-order chi connectivity index (χ1) is 9.35. The molecule has 1 aliphatic rings. The van der Waals surface area contributed by atoms with E-state index < -0.39 is 5.54 Å². The smallest absolute Gasteiger partial charge is 0.327 e. The zero-order chi connectivity index (χ0) is 15.3. The predicted octanol–water partition coefficient (Wildman–Crippen LogP) is 2.14. The quantitative estimate of drug-likeness (QED) is 0.659. The van der Waals surface area contributed by atoms with Crippen LogP contribution in [0, 0.1) is 17.8 Å². The van der Waals surface area contributed by atoms with Crippen molar-refractivity contribution in [2.24, 2.45) is 17.8 Å². The summed E-state index contributed by atoms with van der Waals surface area (Å²) in [4.78, 5) is 14.8. The highest BCUT2D eigenvalue weighted by atomic mass is 16.5. The number of carbonyl (C=O) groups excluding carboxylic acids is 1. The molecule has 1 N–H and O–H groups in total. The molecule has 0 aliphatic heterocycles. The standard InChI is InChI=1S/C16H32N2O2/c1-12(2)9-18(10-13(3)4)11-16(17-5,14-7-8-14)15(19)20-6/h12-14,17H,7-11H2,1-6H3. The third-order valence-corrected chi connectivity index (χ3v) is 3.99. The van der Waals surface area contributed by atoms with Gasteiger partial charge in [0.25, 0.3) is 0 Å². The van der Waals surface area contributed by atoms with Gasteiger partial charge in [0.1, 0.15) is 5.54 Å². The second-order valence-corrected chi connectivity index (χ2v) is 6.97. The number of likely N-dealkylation sites (N-methyl/N-ethyl adjacent to an activating group) is 1. The lowest BCUT2D eigenvalue weighted by Gasteiger charge is -2.37. The average Bonchev–Trinajstić information content (AvgIpc) is 3.17. The van der Waals surface area contributed by atoms with Crippen LogP contribution in [0.2, 0.25) is 0 Å². The van der Waals surface area contributed by atoms with Crippen LogP contribution in [0.3, 0.4) is 0 Å². The van der Waals surface area contributed by atoms with Gasteiger partial charge in [-0.05, 0) is 37.6 Å². The zero-order valence-corrected chi connectivity index (χ0v) is 14.0. The van der Waals surface area contributed by atoms with Crippen LogP contribution in [0.4, 0.5) is 0 Å². The largest absolute Gasteiger partial charge is 0.468 e. The summed E-state index contributed by atoms with van der Waals surface area (Å²) in [5.74, 6) is 1.50. The molecule has 0 bridgehead atoms. The van der Waals surface area contributed by atoms with Crippen molar-refractivity contribution in [1.82, 2.24) is 10.2 Å².